The molecule has 8 heteroatoms. The Morgan fingerprint density at radius 3 is 2.47 bits per heavy atom. The lowest BCUT2D eigenvalue weighted by molar-refractivity contribution is -0.123. The van der Waals surface area contributed by atoms with E-state index in [4.69, 9.17) is 9.47 Å². The van der Waals surface area contributed by atoms with Gasteiger partial charge in [0.1, 0.15) is 6.61 Å². The van der Waals surface area contributed by atoms with Crippen LogP contribution in [0.15, 0.2) is 65.6 Å². The summed E-state index contributed by atoms with van der Waals surface area (Å²) in [5, 5.41) is -0.269. The number of methoxy groups -OCH3 is 1. The van der Waals surface area contributed by atoms with E-state index in [2.05, 4.69) is 58.2 Å². The third-order valence-electron chi connectivity index (χ3n) is 5.31. The maximum absolute atomic E-state index is 12.9. The van der Waals surface area contributed by atoms with Crippen LogP contribution in [0.25, 0.3) is 6.08 Å². The SMILES string of the molecule is COc1cc(/C=C2\SC(=O)N(Cc3ccc(I)cc3)C2=O)cc(I)c1OCc1ccccc1C. The normalized spacial score (nSPS) is 14.7. The highest BCUT2D eigenvalue weighted by Gasteiger charge is 2.35. The Kier molecular flexibility index (Phi) is 8.20. The standard InChI is InChI=1S/C26H21I2NO4S/c1-16-5-3-4-6-19(16)15-33-24-21(28)11-18(12-22(24)32-2)13-23-25(30)29(26(31)34-23)14-17-7-9-20(27)10-8-17/h3-13H,14-15H2,1-2H3/b23-13-. The zero-order valence-corrected chi connectivity index (χ0v) is 23.6. The first kappa shape index (κ1) is 25.1. The summed E-state index contributed by atoms with van der Waals surface area (Å²) < 4.78 is 13.6. The Morgan fingerprint density at radius 1 is 1.03 bits per heavy atom. The molecule has 0 aromatic heterocycles. The van der Waals surface area contributed by atoms with Gasteiger partial charge in [-0.15, -0.1) is 0 Å². The number of nitrogens with zero attached hydrogens (tertiary/aromatic N) is 1. The molecule has 3 aromatic carbocycles. The van der Waals surface area contributed by atoms with Crippen molar-refractivity contribution in [2.45, 2.75) is 20.1 Å². The second kappa shape index (κ2) is 11.1. The summed E-state index contributed by atoms with van der Waals surface area (Å²) in [6.07, 6.45) is 1.73. The molecule has 1 saturated heterocycles. The van der Waals surface area contributed by atoms with Crippen LogP contribution in [0.3, 0.4) is 0 Å². The predicted octanol–water partition coefficient (Wildman–Crippen LogP) is 7.03. The number of ether oxygens (including phenoxy) is 2. The van der Waals surface area contributed by atoms with Crippen LogP contribution in [0, 0.1) is 14.1 Å². The van der Waals surface area contributed by atoms with E-state index in [1.807, 2.05) is 54.6 Å². The van der Waals surface area contributed by atoms with Gasteiger partial charge in [-0.1, -0.05) is 36.4 Å². The van der Waals surface area contributed by atoms with Crippen molar-refractivity contribution in [2.75, 3.05) is 7.11 Å². The molecule has 0 saturated carbocycles. The van der Waals surface area contributed by atoms with Crippen molar-refractivity contribution in [1.82, 2.24) is 4.90 Å². The van der Waals surface area contributed by atoms with Crippen molar-refractivity contribution < 1.29 is 19.1 Å². The highest BCUT2D eigenvalue weighted by atomic mass is 127. The highest BCUT2D eigenvalue weighted by molar-refractivity contribution is 14.1. The summed E-state index contributed by atoms with van der Waals surface area (Å²) in [6, 6.07) is 19.6. The van der Waals surface area contributed by atoms with E-state index in [0.29, 0.717) is 23.0 Å². The lowest BCUT2D eigenvalue weighted by Gasteiger charge is -2.15. The van der Waals surface area contributed by atoms with Gasteiger partial charge in [-0.2, -0.15) is 0 Å². The molecular weight excluding hydrogens is 676 g/mol. The summed E-state index contributed by atoms with van der Waals surface area (Å²) in [4.78, 5) is 27.1. The minimum Gasteiger partial charge on any atom is -0.493 e. The Morgan fingerprint density at radius 2 is 1.76 bits per heavy atom. The van der Waals surface area contributed by atoms with Gasteiger partial charge in [-0.25, -0.2) is 0 Å². The molecule has 0 spiro atoms. The van der Waals surface area contributed by atoms with E-state index in [0.717, 1.165) is 41.2 Å². The second-order valence-corrected chi connectivity index (χ2v) is 11.0. The number of rotatable bonds is 7. The first-order valence-electron chi connectivity index (χ1n) is 10.4. The van der Waals surface area contributed by atoms with Gasteiger partial charge in [0, 0.05) is 3.57 Å². The van der Waals surface area contributed by atoms with Crippen LogP contribution in [-0.4, -0.2) is 23.2 Å². The maximum Gasteiger partial charge on any atom is 0.293 e. The van der Waals surface area contributed by atoms with Crippen LogP contribution in [0.4, 0.5) is 4.79 Å². The number of carbonyl (C=O) groups is 2. The fourth-order valence-electron chi connectivity index (χ4n) is 3.45. The molecule has 0 N–H and O–H groups in total. The molecule has 1 aliphatic heterocycles. The van der Waals surface area contributed by atoms with E-state index in [1.54, 1.807) is 13.2 Å². The average Bonchev–Trinajstić information content (AvgIpc) is 3.07. The third kappa shape index (κ3) is 5.77. The predicted molar refractivity (Wildman–Crippen MR) is 152 cm³/mol. The molecule has 174 valence electrons. The monoisotopic (exact) mass is 697 g/mol. The molecule has 0 atom stereocenters. The topological polar surface area (TPSA) is 55.8 Å². The highest BCUT2D eigenvalue weighted by Crippen LogP contribution is 2.38. The van der Waals surface area contributed by atoms with Gasteiger partial charge in [0.05, 0.1) is 22.1 Å². The quantitative estimate of drug-likeness (QED) is 0.196. The first-order chi connectivity index (χ1) is 16.4. The van der Waals surface area contributed by atoms with Gasteiger partial charge in [0.2, 0.25) is 0 Å². The number of halogens is 2. The average molecular weight is 697 g/mol. The Balaban J connectivity index is 1.53. The molecular formula is C26H21I2NO4S. The molecule has 5 nitrogen and oxygen atoms in total. The second-order valence-electron chi connectivity index (χ2n) is 7.64. The van der Waals surface area contributed by atoms with Crippen molar-refractivity contribution in [3.8, 4) is 11.5 Å². The third-order valence-corrected chi connectivity index (χ3v) is 7.74. The summed E-state index contributed by atoms with van der Waals surface area (Å²) in [5.41, 5.74) is 3.94. The Labute approximate surface area is 230 Å². The smallest absolute Gasteiger partial charge is 0.293 e. The molecule has 1 heterocycles. The maximum atomic E-state index is 12.9. The van der Waals surface area contributed by atoms with Crippen LogP contribution in [0.1, 0.15) is 22.3 Å². The van der Waals surface area contributed by atoms with Crippen molar-refractivity contribution in [3.05, 3.63) is 95.0 Å². The zero-order valence-electron chi connectivity index (χ0n) is 18.5. The first-order valence-corrected chi connectivity index (χ1v) is 13.4. The Hall–Kier alpha value is -2.05. The van der Waals surface area contributed by atoms with E-state index in [1.165, 1.54) is 4.90 Å². The van der Waals surface area contributed by atoms with Crippen molar-refractivity contribution >= 4 is 74.2 Å². The molecule has 1 aliphatic rings. The molecule has 0 bridgehead atoms. The van der Waals surface area contributed by atoms with Gasteiger partial charge >= 0.3 is 0 Å². The van der Waals surface area contributed by atoms with Crippen LogP contribution in [-0.2, 0) is 17.9 Å². The molecule has 34 heavy (non-hydrogen) atoms. The number of hydrogen-bond donors (Lipinski definition) is 0. The molecule has 2 amide bonds. The summed E-state index contributed by atoms with van der Waals surface area (Å²) >= 11 is 5.38. The molecule has 0 unspecified atom stereocenters. The van der Waals surface area contributed by atoms with Crippen LogP contribution >= 0.6 is 56.9 Å². The molecule has 4 rings (SSSR count). The number of amides is 2. The summed E-state index contributed by atoms with van der Waals surface area (Å²) in [7, 11) is 1.59. The fourth-order valence-corrected chi connectivity index (χ4v) is 5.42. The zero-order chi connectivity index (χ0) is 24.2. The molecule has 0 radical (unpaired) electrons. The fraction of sp³-hybridized carbons (Fsp3) is 0.154. The van der Waals surface area contributed by atoms with Gasteiger partial charge in [0.25, 0.3) is 11.1 Å². The number of carbonyl (C=O) groups excluding carboxylic acids is 2. The van der Waals surface area contributed by atoms with E-state index < -0.39 is 0 Å². The molecule has 1 fully saturated rings. The van der Waals surface area contributed by atoms with Gasteiger partial charge in [0.15, 0.2) is 11.5 Å². The lowest BCUT2D eigenvalue weighted by Crippen LogP contribution is -2.27. The number of benzene rings is 3. The minimum atomic E-state index is -0.289. The van der Waals surface area contributed by atoms with Crippen LogP contribution in [0.2, 0.25) is 0 Å². The Bertz CT molecular complexity index is 1270. The number of imide groups is 1. The van der Waals surface area contributed by atoms with E-state index >= 15 is 0 Å². The van der Waals surface area contributed by atoms with Crippen LogP contribution < -0.4 is 9.47 Å². The van der Waals surface area contributed by atoms with Crippen LogP contribution in [0.5, 0.6) is 11.5 Å². The van der Waals surface area contributed by atoms with E-state index in [-0.39, 0.29) is 17.7 Å². The summed E-state index contributed by atoms with van der Waals surface area (Å²) in [6.45, 7) is 2.73. The van der Waals surface area contributed by atoms with E-state index in [9.17, 15) is 9.59 Å². The van der Waals surface area contributed by atoms with Crippen molar-refractivity contribution in [2.24, 2.45) is 0 Å². The van der Waals surface area contributed by atoms with Crippen molar-refractivity contribution in [3.63, 3.8) is 0 Å². The largest absolute Gasteiger partial charge is 0.493 e. The number of thioether (sulfide) groups is 1. The number of aryl methyl sites for hydroxylation is 1. The number of hydrogen-bond acceptors (Lipinski definition) is 5. The molecule has 0 aliphatic carbocycles. The summed E-state index contributed by atoms with van der Waals surface area (Å²) in [5.74, 6) is 0.933. The molecule has 3 aromatic rings. The van der Waals surface area contributed by atoms with Gasteiger partial charge in [-0.05, 0) is 116 Å². The van der Waals surface area contributed by atoms with Gasteiger partial charge < -0.3 is 9.47 Å². The lowest BCUT2D eigenvalue weighted by atomic mass is 10.1. The van der Waals surface area contributed by atoms with Crippen molar-refractivity contribution in [1.29, 1.82) is 0 Å². The van der Waals surface area contributed by atoms with Gasteiger partial charge in [-0.3, -0.25) is 14.5 Å². The minimum absolute atomic E-state index is 0.255.